The summed E-state index contributed by atoms with van der Waals surface area (Å²) in [5.74, 6) is 0. The van der Waals surface area contributed by atoms with E-state index in [2.05, 4.69) is 61.9 Å². The van der Waals surface area contributed by atoms with Gasteiger partial charge in [0.15, 0.2) is 4.60 Å². The van der Waals surface area contributed by atoms with Crippen molar-refractivity contribution in [3.63, 3.8) is 0 Å². The zero-order valence-corrected chi connectivity index (χ0v) is 14.1. The summed E-state index contributed by atoms with van der Waals surface area (Å²) in [5.41, 5.74) is 2.66. The number of hydrogen-bond acceptors (Lipinski definition) is 3. The molecule has 1 atom stereocenters. The highest BCUT2D eigenvalue weighted by molar-refractivity contribution is 9.10. The Labute approximate surface area is 134 Å². The second kappa shape index (κ2) is 5.89. The highest BCUT2D eigenvalue weighted by Crippen LogP contribution is 2.50. The molecule has 3 rings (SSSR count). The Balaban J connectivity index is 2.12. The molecule has 1 aliphatic rings. The maximum atomic E-state index is 4.17. The molecule has 1 heterocycles. The minimum absolute atomic E-state index is 0.119. The molecule has 1 N–H and O–H groups in total. The number of halogens is 1. The van der Waals surface area contributed by atoms with Crippen LogP contribution in [0.2, 0.25) is 0 Å². The molecule has 1 fully saturated rings. The Morgan fingerprint density at radius 3 is 2.43 bits per heavy atom. The first-order valence-corrected chi connectivity index (χ1v) is 8.26. The monoisotopic (exact) mass is 348 g/mol. The minimum Gasteiger partial charge on any atom is -0.311 e. The van der Waals surface area contributed by atoms with Crippen molar-refractivity contribution in [1.29, 1.82) is 0 Å². The van der Waals surface area contributed by atoms with E-state index in [4.69, 9.17) is 0 Å². The van der Waals surface area contributed by atoms with Crippen molar-refractivity contribution in [1.82, 2.24) is 20.3 Å². The Morgan fingerprint density at radius 2 is 1.90 bits per heavy atom. The van der Waals surface area contributed by atoms with Gasteiger partial charge in [-0.15, -0.1) is 5.10 Å². The van der Waals surface area contributed by atoms with E-state index in [1.807, 2.05) is 18.8 Å². The number of rotatable bonds is 4. The first kappa shape index (κ1) is 14.7. The lowest BCUT2D eigenvalue weighted by Crippen LogP contribution is -2.39. The Bertz CT molecular complexity index is 582. The average Bonchev–Trinajstić information content (AvgIpc) is 3.12. The molecule has 1 aromatic heterocycles. The van der Waals surface area contributed by atoms with Crippen LogP contribution in [0.3, 0.4) is 0 Å². The fourth-order valence-corrected chi connectivity index (χ4v) is 4.40. The molecule has 4 nitrogen and oxygen atoms in total. The molecule has 0 saturated heterocycles. The largest absolute Gasteiger partial charge is 0.311 e. The second-order valence-corrected chi connectivity index (χ2v) is 6.59. The number of nitrogens with zero attached hydrogens (tertiary/aromatic N) is 3. The summed E-state index contributed by atoms with van der Waals surface area (Å²) in [5, 5.41) is 11.9. The van der Waals surface area contributed by atoms with Gasteiger partial charge < -0.3 is 5.32 Å². The highest BCUT2D eigenvalue weighted by Gasteiger charge is 2.44. The van der Waals surface area contributed by atoms with E-state index >= 15 is 0 Å². The van der Waals surface area contributed by atoms with Gasteiger partial charge >= 0.3 is 0 Å². The zero-order valence-electron chi connectivity index (χ0n) is 12.5. The van der Waals surface area contributed by atoms with Crippen LogP contribution in [0.1, 0.15) is 43.0 Å². The molecule has 5 heteroatoms. The van der Waals surface area contributed by atoms with Gasteiger partial charge in [-0.05, 0) is 41.4 Å². The summed E-state index contributed by atoms with van der Waals surface area (Å²) >= 11 is 3.57. The number of likely N-dealkylation sites (N-methyl/N-ethyl adjacent to an activating group) is 1. The van der Waals surface area contributed by atoms with E-state index in [1.54, 1.807) is 0 Å². The smallest absolute Gasteiger partial charge is 0.153 e. The quantitative estimate of drug-likeness (QED) is 0.921. The average molecular weight is 349 g/mol. The molecular formula is C16H21BrN4. The maximum absolute atomic E-state index is 4.17. The number of benzene rings is 1. The number of aromatic nitrogens is 3. The van der Waals surface area contributed by atoms with Crippen molar-refractivity contribution >= 4 is 15.9 Å². The molecule has 112 valence electrons. The van der Waals surface area contributed by atoms with E-state index in [1.165, 1.54) is 31.2 Å². The molecule has 1 aliphatic carbocycles. The molecular weight excluding hydrogens is 328 g/mol. The van der Waals surface area contributed by atoms with Crippen LogP contribution >= 0.6 is 15.9 Å². The van der Waals surface area contributed by atoms with Crippen LogP contribution in [0.4, 0.5) is 0 Å². The molecule has 0 amide bonds. The van der Waals surface area contributed by atoms with Crippen LogP contribution < -0.4 is 5.32 Å². The third-order valence-corrected chi connectivity index (χ3v) is 5.35. The van der Waals surface area contributed by atoms with Gasteiger partial charge in [-0.25, -0.2) is 4.68 Å². The Kier molecular flexibility index (Phi) is 4.13. The van der Waals surface area contributed by atoms with Gasteiger partial charge in [0.05, 0.1) is 11.7 Å². The summed E-state index contributed by atoms with van der Waals surface area (Å²) in [6.45, 7) is 0. The van der Waals surface area contributed by atoms with Crippen molar-refractivity contribution in [2.24, 2.45) is 7.05 Å². The summed E-state index contributed by atoms with van der Waals surface area (Å²) in [6.07, 6.45) is 4.94. The number of hydrogen-bond donors (Lipinski definition) is 1. The van der Waals surface area contributed by atoms with E-state index in [0.717, 1.165) is 10.3 Å². The Morgan fingerprint density at radius 1 is 1.24 bits per heavy atom. The van der Waals surface area contributed by atoms with Crippen LogP contribution in [-0.2, 0) is 12.5 Å². The normalized spacial score (nSPS) is 18.8. The molecule has 21 heavy (non-hydrogen) atoms. The van der Waals surface area contributed by atoms with Crippen molar-refractivity contribution in [3.8, 4) is 0 Å². The minimum atomic E-state index is 0.119. The van der Waals surface area contributed by atoms with E-state index in [-0.39, 0.29) is 11.5 Å². The molecule has 1 aromatic carbocycles. The fourth-order valence-electron chi connectivity index (χ4n) is 3.84. The molecule has 0 aliphatic heterocycles. The van der Waals surface area contributed by atoms with Gasteiger partial charge in [-0.2, -0.15) is 0 Å². The van der Waals surface area contributed by atoms with Crippen molar-refractivity contribution in [2.45, 2.75) is 37.1 Å². The molecule has 1 saturated carbocycles. The second-order valence-electron chi connectivity index (χ2n) is 5.84. The predicted octanol–water partition coefficient (Wildman–Crippen LogP) is 3.35. The van der Waals surface area contributed by atoms with Crippen LogP contribution in [0, 0.1) is 0 Å². The lowest BCUT2D eigenvalue weighted by atomic mass is 9.71. The first-order valence-electron chi connectivity index (χ1n) is 7.47. The lowest BCUT2D eigenvalue weighted by molar-refractivity contribution is 0.301. The van der Waals surface area contributed by atoms with Gasteiger partial charge in [-0.1, -0.05) is 48.4 Å². The van der Waals surface area contributed by atoms with E-state index in [9.17, 15) is 0 Å². The van der Waals surface area contributed by atoms with Gasteiger partial charge in [0.1, 0.15) is 0 Å². The maximum Gasteiger partial charge on any atom is 0.153 e. The zero-order chi connectivity index (χ0) is 14.9. The standard InChI is InChI=1S/C16H21BrN4/c1-18-14(13-15(17)19-20-21(13)2)16(10-6-7-11-16)12-8-4-3-5-9-12/h3-5,8-9,14,18H,6-7,10-11H2,1-2H3. The molecule has 0 radical (unpaired) electrons. The molecule has 0 spiro atoms. The number of aryl methyl sites for hydroxylation is 1. The van der Waals surface area contributed by atoms with E-state index < -0.39 is 0 Å². The molecule has 2 aromatic rings. The van der Waals surface area contributed by atoms with Crippen molar-refractivity contribution in [2.75, 3.05) is 7.05 Å². The summed E-state index contributed by atoms with van der Waals surface area (Å²) in [7, 11) is 4.00. The van der Waals surface area contributed by atoms with Crippen LogP contribution in [0.25, 0.3) is 0 Å². The van der Waals surface area contributed by atoms with Crippen LogP contribution in [0.15, 0.2) is 34.9 Å². The van der Waals surface area contributed by atoms with Crippen molar-refractivity contribution < 1.29 is 0 Å². The fraction of sp³-hybridized carbons (Fsp3) is 0.500. The molecule has 1 unspecified atom stereocenters. The summed E-state index contributed by atoms with van der Waals surface area (Å²) < 4.78 is 2.72. The first-order chi connectivity index (χ1) is 10.2. The SMILES string of the molecule is CNC(c1c(Br)nnn1C)C1(c2ccccc2)CCCC1. The topological polar surface area (TPSA) is 42.7 Å². The summed E-state index contributed by atoms with van der Waals surface area (Å²) in [6, 6.07) is 11.1. The van der Waals surface area contributed by atoms with Crippen LogP contribution in [0.5, 0.6) is 0 Å². The highest BCUT2D eigenvalue weighted by atomic mass is 79.9. The lowest BCUT2D eigenvalue weighted by Gasteiger charge is -2.38. The van der Waals surface area contributed by atoms with E-state index in [0.29, 0.717) is 0 Å². The number of nitrogens with one attached hydrogen (secondary N) is 1. The van der Waals surface area contributed by atoms with Gasteiger partial charge in [0.25, 0.3) is 0 Å². The van der Waals surface area contributed by atoms with Gasteiger partial charge in [0, 0.05) is 12.5 Å². The molecule has 0 bridgehead atoms. The third-order valence-electron chi connectivity index (χ3n) is 4.79. The van der Waals surface area contributed by atoms with Gasteiger partial charge in [0.2, 0.25) is 0 Å². The summed E-state index contributed by atoms with van der Waals surface area (Å²) in [4.78, 5) is 0. The van der Waals surface area contributed by atoms with Crippen molar-refractivity contribution in [3.05, 3.63) is 46.2 Å². The predicted molar refractivity (Wildman–Crippen MR) is 87.1 cm³/mol. The third kappa shape index (κ3) is 2.42. The van der Waals surface area contributed by atoms with Crippen LogP contribution in [-0.4, -0.2) is 22.0 Å². The van der Waals surface area contributed by atoms with Gasteiger partial charge in [-0.3, -0.25) is 0 Å². The Hall–Kier alpha value is -1.20.